The molecule has 9 unspecified atom stereocenters. The molecule has 0 radical (unpaired) electrons. The summed E-state index contributed by atoms with van der Waals surface area (Å²) in [5, 5.41) is 0. The molecule has 0 nitrogen and oxygen atoms in total. The first kappa shape index (κ1) is 12.7. The van der Waals surface area contributed by atoms with E-state index >= 15 is 0 Å². The number of rotatable bonds is 1. The van der Waals surface area contributed by atoms with Gasteiger partial charge in [-0.25, -0.2) is 0 Å². The molecule has 0 heterocycles. The Morgan fingerprint density at radius 3 is 1.95 bits per heavy atom. The number of hydrogen-bond acceptors (Lipinski definition) is 0. The van der Waals surface area contributed by atoms with Gasteiger partial charge in [0.15, 0.2) is 0 Å². The summed E-state index contributed by atoms with van der Waals surface area (Å²) in [7, 11) is 0. The average Bonchev–Trinajstić information content (AvgIpc) is 2.37. The molecule has 0 bridgehead atoms. The van der Waals surface area contributed by atoms with Crippen molar-refractivity contribution in [2.75, 3.05) is 0 Å². The van der Waals surface area contributed by atoms with Crippen LogP contribution in [0.25, 0.3) is 0 Å². The lowest BCUT2D eigenvalue weighted by Crippen LogP contribution is -2.94. The molecule has 0 aromatic heterocycles. The third-order valence-electron chi connectivity index (χ3n) is 10.6. The standard InChI is InChI=1S/C19H32/c1-10(2)16(5)12(4)14-15-13-9-11(3)17(13,6)19(15,8)18(14,16)7/h10-15H,9H2,1-8H3. The van der Waals surface area contributed by atoms with Crippen LogP contribution in [-0.4, -0.2) is 0 Å². The van der Waals surface area contributed by atoms with E-state index in [1.165, 1.54) is 6.42 Å². The van der Waals surface area contributed by atoms with Crippen molar-refractivity contribution in [3.63, 3.8) is 0 Å². The van der Waals surface area contributed by atoms with Gasteiger partial charge in [-0.05, 0) is 63.6 Å². The van der Waals surface area contributed by atoms with Crippen molar-refractivity contribution in [3.8, 4) is 0 Å². The third kappa shape index (κ3) is 0.738. The smallest absolute Gasteiger partial charge is 0.0170 e. The molecule has 9 atom stereocenters. The van der Waals surface area contributed by atoms with E-state index in [2.05, 4.69) is 55.4 Å². The molecule has 0 amide bonds. The highest BCUT2D eigenvalue weighted by atomic mass is 15.0. The highest BCUT2D eigenvalue weighted by molar-refractivity contribution is 5.41. The topological polar surface area (TPSA) is 0 Å². The quantitative estimate of drug-likeness (QED) is 0.605. The van der Waals surface area contributed by atoms with Crippen LogP contribution >= 0.6 is 0 Å². The molecule has 0 heteroatoms. The first-order chi connectivity index (χ1) is 8.61. The van der Waals surface area contributed by atoms with Crippen molar-refractivity contribution in [1.82, 2.24) is 0 Å². The Hall–Kier alpha value is 0. The van der Waals surface area contributed by atoms with Crippen molar-refractivity contribution >= 4 is 0 Å². The second kappa shape index (κ2) is 2.81. The summed E-state index contributed by atoms with van der Waals surface area (Å²) in [5.74, 6) is 5.90. The van der Waals surface area contributed by atoms with Gasteiger partial charge >= 0.3 is 0 Å². The molecule has 0 aliphatic heterocycles. The lowest BCUT2D eigenvalue weighted by molar-refractivity contribution is -0.518. The van der Waals surface area contributed by atoms with Crippen LogP contribution in [-0.2, 0) is 0 Å². The van der Waals surface area contributed by atoms with Crippen LogP contribution in [0, 0.1) is 57.2 Å². The zero-order valence-electron chi connectivity index (χ0n) is 14.2. The summed E-state index contributed by atoms with van der Waals surface area (Å²) < 4.78 is 0. The number of hydrogen-bond donors (Lipinski definition) is 0. The Kier molecular flexibility index (Phi) is 1.88. The fourth-order valence-electron chi connectivity index (χ4n) is 8.89. The fourth-order valence-corrected chi connectivity index (χ4v) is 8.89. The molecule has 4 fully saturated rings. The molecule has 0 N–H and O–H groups in total. The molecule has 108 valence electrons. The van der Waals surface area contributed by atoms with Gasteiger partial charge in [-0.3, -0.25) is 0 Å². The van der Waals surface area contributed by atoms with Gasteiger partial charge < -0.3 is 0 Å². The zero-order valence-corrected chi connectivity index (χ0v) is 14.2. The van der Waals surface area contributed by atoms with Crippen molar-refractivity contribution in [2.45, 2.75) is 61.8 Å². The van der Waals surface area contributed by atoms with Gasteiger partial charge in [0, 0.05) is 0 Å². The average molecular weight is 260 g/mol. The van der Waals surface area contributed by atoms with E-state index in [1.807, 2.05) is 0 Å². The summed E-state index contributed by atoms with van der Waals surface area (Å²) in [5.41, 5.74) is 2.47. The largest absolute Gasteiger partial charge is 0.0622 e. The van der Waals surface area contributed by atoms with Crippen LogP contribution in [0.4, 0.5) is 0 Å². The molecule has 0 saturated heterocycles. The zero-order chi connectivity index (χ0) is 14.2. The summed E-state index contributed by atoms with van der Waals surface area (Å²) in [6.45, 7) is 20.6. The second-order valence-corrected chi connectivity index (χ2v) is 9.71. The minimum absolute atomic E-state index is 0.562. The van der Waals surface area contributed by atoms with E-state index in [9.17, 15) is 0 Å². The fraction of sp³-hybridized carbons (Fsp3) is 1.00. The third-order valence-corrected chi connectivity index (χ3v) is 10.6. The highest BCUT2D eigenvalue weighted by Crippen LogP contribution is 2.98. The Morgan fingerprint density at radius 2 is 1.47 bits per heavy atom. The minimum atomic E-state index is 0.562. The van der Waals surface area contributed by atoms with Crippen LogP contribution in [0.15, 0.2) is 0 Å². The summed E-state index contributed by atoms with van der Waals surface area (Å²) in [6.07, 6.45) is 1.52. The molecule has 0 aromatic carbocycles. The summed E-state index contributed by atoms with van der Waals surface area (Å²) >= 11 is 0. The highest BCUT2D eigenvalue weighted by Gasteiger charge is 2.94. The maximum atomic E-state index is 2.67. The molecular formula is C19H32. The van der Waals surface area contributed by atoms with Gasteiger partial charge in [0.2, 0.25) is 0 Å². The molecular weight excluding hydrogens is 228 g/mol. The molecule has 0 spiro atoms. The summed E-state index contributed by atoms with van der Waals surface area (Å²) in [6, 6.07) is 0. The maximum absolute atomic E-state index is 2.67. The van der Waals surface area contributed by atoms with Crippen LogP contribution in [0.3, 0.4) is 0 Å². The van der Waals surface area contributed by atoms with Gasteiger partial charge in [0.1, 0.15) is 0 Å². The molecule has 19 heavy (non-hydrogen) atoms. The Balaban J connectivity index is 1.81. The predicted molar refractivity (Wildman–Crippen MR) is 80.7 cm³/mol. The van der Waals surface area contributed by atoms with Crippen molar-refractivity contribution in [1.29, 1.82) is 0 Å². The van der Waals surface area contributed by atoms with E-state index in [1.54, 1.807) is 0 Å². The summed E-state index contributed by atoms with van der Waals surface area (Å²) in [4.78, 5) is 0. The normalized spacial score (nSPS) is 72.8. The van der Waals surface area contributed by atoms with E-state index in [0.717, 1.165) is 35.5 Å². The lowest BCUT2D eigenvalue weighted by Gasteiger charge is -2.98. The van der Waals surface area contributed by atoms with Crippen LogP contribution < -0.4 is 0 Å². The van der Waals surface area contributed by atoms with Crippen molar-refractivity contribution in [2.24, 2.45) is 57.2 Å². The van der Waals surface area contributed by atoms with Gasteiger partial charge in [0.25, 0.3) is 0 Å². The van der Waals surface area contributed by atoms with Gasteiger partial charge in [-0.15, -0.1) is 0 Å². The Morgan fingerprint density at radius 1 is 0.895 bits per heavy atom. The van der Waals surface area contributed by atoms with E-state index < -0.39 is 0 Å². The van der Waals surface area contributed by atoms with Gasteiger partial charge in [-0.1, -0.05) is 55.4 Å². The van der Waals surface area contributed by atoms with E-state index in [4.69, 9.17) is 0 Å². The number of fused-ring (bicyclic) bond motifs is 7. The second-order valence-electron chi connectivity index (χ2n) is 9.71. The monoisotopic (exact) mass is 260 g/mol. The maximum Gasteiger partial charge on any atom is -0.0170 e. The Labute approximate surface area is 119 Å². The van der Waals surface area contributed by atoms with Gasteiger partial charge in [0.05, 0.1) is 0 Å². The van der Waals surface area contributed by atoms with Crippen molar-refractivity contribution < 1.29 is 0 Å². The van der Waals surface area contributed by atoms with Crippen LogP contribution in [0.5, 0.6) is 0 Å². The SMILES string of the molecule is CC(C)C1(C)C(C)C2C3C4CC(C)C4(C)C3(C)C21C. The van der Waals surface area contributed by atoms with Crippen molar-refractivity contribution in [3.05, 3.63) is 0 Å². The molecule has 4 aliphatic carbocycles. The van der Waals surface area contributed by atoms with Gasteiger partial charge in [-0.2, -0.15) is 0 Å². The Bertz CT molecular complexity index is 465. The van der Waals surface area contributed by atoms with E-state index in [0.29, 0.717) is 21.7 Å². The molecule has 0 aromatic rings. The van der Waals surface area contributed by atoms with E-state index in [-0.39, 0.29) is 0 Å². The first-order valence-corrected chi connectivity index (χ1v) is 8.61. The molecule has 4 aliphatic rings. The first-order valence-electron chi connectivity index (χ1n) is 8.61. The lowest BCUT2D eigenvalue weighted by atomic mass is 9.05. The predicted octanol–water partition coefficient (Wildman–Crippen LogP) is 5.23. The minimum Gasteiger partial charge on any atom is -0.0622 e. The van der Waals surface area contributed by atoms with Crippen LogP contribution in [0.1, 0.15) is 61.8 Å². The molecule has 4 rings (SSSR count). The van der Waals surface area contributed by atoms with Crippen LogP contribution in [0.2, 0.25) is 0 Å². The molecule has 4 saturated carbocycles.